The molecule has 1 aliphatic heterocycles. The molecule has 0 amide bonds. The summed E-state index contributed by atoms with van der Waals surface area (Å²) in [6.07, 6.45) is 6.52. The lowest BCUT2D eigenvalue weighted by Crippen LogP contribution is -2.58. The van der Waals surface area contributed by atoms with E-state index in [-0.39, 0.29) is 0 Å². The highest BCUT2D eigenvalue weighted by atomic mass is 32.2. The Morgan fingerprint density at radius 1 is 0.719 bits per heavy atom. The van der Waals surface area contributed by atoms with E-state index < -0.39 is 34.1 Å². The summed E-state index contributed by atoms with van der Waals surface area (Å²) in [6, 6.07) is 31.6. The molecule has 6 rings (SSSR count). The molecule has 2 atom stereocenters. The summed E-state index contributed by atoms with van der Waals surface area (Å²) in [4.78, 5) is 23.3. The van der Waals surface area contributed by atoms with Crippen LogP contribution < -0.4 is 9.47 Å². The summed E-state index contributed by atoms with van der Waals surface area (Å²) in [5.41, 5.74) is -0.0298. The molecular weight excluding hydrogens is 739 g/mol. The maximum atomic E-state index is 14.4. The molecule has 1 fully saturated rings. The van der Waals surface area contributed by atoms with Crippen LogP contribution in [0.3, 0.4) is 0 Å². The maximum Gasteiger partial charge on any atom is 0.330 e. The second-order valence-corrected chi connectivity index (χ2v) is 16.0. The molecule has 1 N–H and O–H groups in total. The molecule has 1 saturated heterocycles. The van der Waals surface area contributed by atoms with Gasteiger partial charge in [0.1, 0.15) is 28.1 Å². The van der Waals surface area contributed by atoms with Gasteiger partial charge >= 0.3 is 11.9 Å². The van der Waals surface area contributed by atoms with Crippen molar-refractivity contribution in [2.75, 3.05) is 33.0 Å². The fraction of sp³-hybridized carbons (Fsp3) is 0.319. The first kappa shape index (κ1) is 41.3. The number of benzene rings is 5. The molecule has 5 aromatic rings. The van der Waals surface area contributed by atoms with E-state index >= 15 is 0 Å². The molecule has 1 unspecified atom stereocenters. The van der Waals surface area contributed by atoms with Crippen LogP contribution in [0.5, 0.6) is 11.5 Å². The minimum Gasteiger partial charge on any atom is -0.494 e. The van der Waals surface area contributed by atoms with E-state index in [1.807, 2.05) is 115 Å². The molecule has 0 spiro atoms. The van der Waals surface area contributed by atoms with Gasteiger partial charge in [-0.1, -0.05) is 67.3 Å². The molecule has 10 heteroatoms. The number of rotatable bonds is 19. The van der Waals surface area contributed by atoms with E-state index in [1.54, 1.807) is 0 Å². The van der Waals surface area contributed by atoms with Crippen LogP contribution in [-0.4, -0.2) is 64.1 Å². The molecule has 0 bridgehead atoms. The third-order valence-electron chi connectivity index (χ3n) is 10.7. The van der Waals surface area contributed by atoms with Gasteiger partial charge in [0.25, 0.3) is 0 Å². The first-order valence-corrected chi connectivity index (χ1v) is 20.6. The number of hydrogen-bond donors (Lipinski definition) is 1. The number of unbranched alkanes of at least 4 members (excludes halogenated alkanes) is 2. The zero-order valence-corrected chi connectivity index (χ0v) is 33.6. The van der Waals surface area contributed by atoms with Gasteiger partial charge in [0.15, 0.2) is 0 Å². The number of ether oxygens (including phenoxy) is 4. The number of nitrogens with zero attached hydrogens (tertiary/aromatic N) is 1. The third kappa shape index (κ3) is 9.47. The molecule has 1 aliphatic rings. The smallest absolute Gasteiger partial charge is 0.330 e. The fourth-order valence-corrected chi connectivity index (χ4v) is 8.97. The average Bonchev–Trinajstić information content (AvgIpc) is 3.64. The number of aryl methyl sites for hydroxylation is 1. The molecule has 9 nitrogen and oxygen atoms in total. The van der Waals surface area contributed by atoms with Crippen LogP contribution in [0, 0.1) is 6.92 Å². The van der Waals surface area contributed by atoms with Crippen molar-refractivity contribution in [1.82, 2.24) is 4.31 Å². The molecule has 5 aromatic carbocycles. The van der Waals surface area contributed by atoms with Crippen molar-refractivity contribution in [2.24, 2.45) is 0 Å². The number of hydrogen-bond acceptors (Lipinski definition) is 8. The highest BCUT2D eigenvalue weighted by Crippen LogP contribution is 2.50. The van der Waals surface area contributed by atoms with Gasteiger partial charge in [-0.05, 0) is 134 Å². The molecule has 57 heavy (non-hydrogen) atoms. The third-order valence-corrected chi connectivity index (χ3v) is 12.3. The van der Waals surface area contributed by atoms with Crippen LogP contribution in [0.15, 0.2) is 127 Å². The van der Waals surface area contributed by atoms with Gasteiger partial charge in [-0.25, -0.2) is 18.1 Å². The molecular formula is C47H51NO8S. The lowest BCUT2D eigenvalue weighted by Gasteiger charge is -2.48. The lowest BCUT2D eigenvalue weighted by atomic mass is 9.70. The lowest BCUT2D eigenvalue weighted by molar-refractivity contribution is -0.138. The monoisotopic (exact) mass is 789 g/mol. The maximum absolute atomic E-state index is 14.4. The second kappa shape index (κ2) is 18.8. The Hall–Kier alpha value is -5.29. The molecule has 0 aromatic heterocycles. The van der Waals surface area contributed by atoms with Crippen LogP contribution >= 0.6 is 0 Å². The Balaban J connectivity index is 1.29. The second-order valence-electron chi connectivity index (χ2n) is 14.6. The zero-order valence-electron chi connectivity index (χ0n) is 32.7. The van der Waals surface area contributed by atoms with Gasteiger partial charge in [-0.15, -0.1) is 0 Å². The number of aliphatic hydroxyl groups is 1. The van der Waals surface area contributed by atoms with E-state index in [0.29, 0.717) is 68.3 Å². The van der Waals surface area contributed by atoms with E-state index in [2.05, 4.69) is 13.2 Å². The van der Waals surface area contributed by atoms with E-state index in [0.717, 1.165) is 70.0 Å². The molecule has 0 aliphatic carbocycles. The standard InChI is InChI=1S/C47H51NO8S/c1-5-44(49)55-28-9-7-26-53-41-20-16-35-30-39(18-14-37(35)32-41)47(51,46(4)24-11-25-48(46)57(52)43-22-12-34(3)13-23-43)40-19-15-38-33-42(21-17-36(38)31-40)54-27-8-10-29-56-45(50)6-2/h5-6,12-23,30-33,51H,1-2,7-11,24-29H2,3-4H3/t46-,57?/m0/s1. The fourth-order valence-electron chi connectivity index (χ4n) is 7.47. The van der Waals surface area contributed by atoms with Crippen LogP contribution in [0.25, 0.3) is 21.5 Å². The summed E-state index contributed by atoms with van der Waals surface area (Å²) < 4.78 is 38.5. The van der Waals surface area contributed by atoms with Crippen LogP contribution in [-0.2, 0) is 35.6 Å². The van der Waals surface area contributed by atoms with Crippen molar-refractivity contribution in [3.05, 3.63) is 139 Å². The largest absolute Gasteiger partial charge is 0.494 e. The predicted octanol–water partition coefficient (Wildman–Crippen LogP) is 8.89. The van der Waals surface area contributed by atoms with Crippen molar-refractivity contribution in [3.63, 3.8) is 0 Å². The summed E-state index contributed by atoms with van der Waals surface area (Å²) in [5, 5.41) is 17.3. The highest BCUT2D eigenvalue weighted by molar-refractivity contribution is 7.82. The molecule has 298 valence electrons. The van der Waals surface area contributed by atoms with Crippen LogP contribution in [0.4, 0.5) is 0 Å². The Labute approximate surface area is 337 Å². The minimum absolute atomic E-state index is 0.318. The predicted molar refractivity (Wildman–Crippen MR) is 225 cm³/mol. The van der Waals surface area contributed by atoms with Gasteiger partial charge in [0.2, 0.25) is 0 Å². The van der Waals surface area contributed by atoms with Crippen LogP contribution in [0.1, 0.15) is 62.1 Å². The quantitative estimate of drug-likeness (QED) is 0.0502. The van der Waals surface area contributed by atoms with Crippen molar-refractivity contribution in [1.29, 1.82) is 0 Å². The van der Waals surface area contributed by atoms with Crippen molar-refractivity contribution in [3.8, 4) is 11.5 Å². The highest BCUT2D eigenvalue weighted by Gasteiger charge is 2.57. The summed E-state index contributed by atoms with van der Waals surface area (Å²) in [6.45, 7) is 13.0. The normalized spacial score (nSPS) is 16.3. The number of esters is 2. The van der Waals surface area contributed by atoms with E-state index in [1.165, 1.54) is 0 Å². The zero-order chi connectivity index (χ0) is 40.4. The minimum atomic E-state index is -1.57. The van der Waals surface area contributed by atoms with Crippen molar-refractivity contribution < 1.29 is 37.9 Å². The molecule has 0 saturated carbocycles. The topological polar surface area (TPSA) is 112 Å². The number of carbonyl (C=O) groups excluding carboxylic acids is 2. The van der Waals surface area contributed by atoms with E-state index in [4.69, 9.17) is 18.9 Å². The van der Waals surface area contributed by atoms with Gasteiger partial charge in [-0.2, -0.15) is 0 Å². The summed E-state index contributed by atoms with van der Waals surface area (Å²) in [5.74, 6) is 0.592. The average molecular weight is 790 g/mol. The number of carbonyl (C=O) groups is 2. The Kier molecular flexibility index (Phi) is 13.6. The number of fused-ring (bicyclic) bond motifs is 2. The van der Waals surface area contributed by atoms with Gasteiger partial charge < -0.3 is 24.1 Å². The Bertz CT molecular complexity index is 2140. The first-order valence-electron chi connectivity index (χ1n) is 19.5. The van der Waals surface area contributed by atoms with Gasteiger partial charge in [-0.3, -0.25) is 0 Å². The first-order chi connectivity index (χ1) is 27.5. The van der Waals surface area contributed by atoms with Crippen LogP contribution in [0.2, 0.25) is 0 Å². The SMILES string of the molecule is C=CC(=O)OCCCCOc1ccc2cc(C(O)(c3ccc4cc(OCCCCOC(=O)C=C)ccc4c3)[C@]3(C)CCCN3S(=O)c3ccc(C)cc3)ccc2c1. The summed E-state index contributed by atoms with van der Waals surface area (Å²) >= 11 is 0. The molecule has 0 radical (unpaired) electrons. The Morgan fingerprint density at radius 2 is 1.18 bits per heavy atom. The summed E-state index contributed by atoms with van der Waals surface area (Å²) in [7, 11) is -1.53. The Morgan fingerprint density at radius 3 is 1.67 bits per heavy atom. The van der Waals surface area contributed by atoms with Gasteiger partial charge in [0.05, 0.1) is 36.9 Å². The van der Waals surface area contributed by atoms with E-state index in [9.17, 15) is 18.9 Å². The van der Waals surface area contributed by atoms with Gasteiger partial charge in [0, 0.05) is 18.7 Å². The molecule has 1 heterocycles. The van der Waals surface area contributed by atoms with Crippen molar-refractivity contribution in [2.45, 2.75) is 68.4 Å². The van der Waals surface area contributed by atoms with Crippen molar-refractivity contribution >= 4 is 44.5 Å².